The van der Waals surface area contributed by atoms with E-state index in [1.807, 2.05) is 0 Å². The van der Waals surface area contributed by atoms with Crippen LogP contribution in [0.1, 0.15) is 36.0 Å². The van der Waals surface area contributed by atoms with Crippen molar-refractivity contribution in [3.05, 3.63) is 28.2 Å². The second-order valence-electron chi connectivity index (χ2n) is 4.15. The van der Waals surface area contributed by atoms with Gasteiger partial charge in [0.1, 0.15) is 0 Å². The number of benzene rings is 1. The molecule has 0 aromatic heterocycles. The Morgan fingerprint density at radius 2 is 2.00 bits per heavy atom. The van der Waals surface area contributed by atoms with E-state index in [9.17, 15) is 9.59 Å². The number of carboxylic acids is 1. The highest BCUT2D eigenvalue weighted by Crippen LogP contribution is 2.24. The highest BCUT2D eigenvalue weighted by molar-refractivity contribution is 9.10. The SMILES string of the molecule is NCCCCCC(=O)Nc1cc(C(=O)O)ccc1Br. The Kier molecular flexibility index (Phi) is 6.52. The molecular formula is C13H17BrN2O3. The first-order valence-corrected chi connectivity index (χ1v) is 6.86. The molecule has 0 fully saturated rings. The predicted octanol–water partition coefficient (Wildman–Crippen LogP) is 2.60. The molecule has 0 atom stereocenters. The first-order valence-electron chi connectivity index (χ1n) is 6.07. The molecule has 1 rings (SSSR count). The first kappa shape index (κ1) is 15.7. The third-order valence-corrected chi connectivity index (χ3v) is 3.29. The van der Waals surface area contributed by atoms with Crippen LogP contribution in [0.4, 0.5) is 5.69 Å². The summed E-state index contributed by atoms with van der Waals surface area (Å²) in [5, 5.41) is 11.6. The summed E-state index contributed by atoms with van der Waals surface area (Å²) < 4.78 is 0.660. The second kappa shape index (κ2) is 7.91. The lowest BCUT2D eigenvalue weighted by Crippen LogP contribution is -2.12. The van der Waals surface area contributed by atoms with Gasteiger partial charge in [-0.15, -0.1) is 0 Å². The van der Waals surface area contributed by atoms with E-state index in [-0.39, 0.29) is 11.5 Å². The standard InChI is InChI=1S/C13H17BrN2O3/c14-10-6-5-9(13(18)19)8-11(10)16-12(17)4-2-1-3-7-15/h5-6,8H,1-4,7,15H2,(H,16,17)(H,18,19). The number of aromatic carboxylic acids is 1. The van der Waals surface area contributed by atoms with Crippen LogP contribution in [0.2, 0.25) is 0 Å². The van der Waals surface area contributed by atoms with Crippen LogP contribution in [0.3, 0.4) is 0 Å². The third-order valence-electron chi connectivity index (χ3n) is 2.60. The van der Waals surface area contributed by atoms with Gasteiger partial charge in [0.05, 0.1) is 11.3 Å². The molecule has 1 amide bonds. The van der Waals surface area contributed by atoms with E-state index in [2.05, 4.69) is 21.2 Å². The van der Waals surface area contributed by atoms with E-state index < -0.39 is 5.97 Å². The van der Waals surface area contributed by atoms with Gasteiger partial charge in [0.15, 0.2) is 0 Å². The fraction of sp³-hybridized carbons (Fsp3) is 0.385. The summed E-state index contributed by atoms with van der Waals surface area (Å²) in [6.45, 7) is 0.633. The van der Waals surface area contributed by atoms with Gasteiger partial charge in [0.25, 0.3) is 0 Å². The zero-order chi connectivity index (χ0) is 14.3. The summed E-state index contributed by atoms with van der Waals surface area (Å²) in [5.74, 6) is -1.15. The van der Waals surface area contributed by atoms with Crippen LogP contribution in [0.5, 0.6) is 0 Å². The lowest BCUT2D eigenvalue weighted by Gasteiger charge is -2.08. The Morgan fingerprint density at radius 1 is 1.26 bits per heavy atom. The monoisotopic (exact) mass is 328 g/mol. The van der Waals surface area contributed by atoms with Gasteiger partial charge in [-0.3, -0.25) is 4.79 Å². The summed E-state index contributed by atoms with van der Waals surface area (Å²) in [7, 11) is 0. The van der Waals surface area contributed by atoms with E-state index in [4.69, 9.17) is 10.8 Å². The highest BCUT2D eigenvalue weighted by atomic mass is 79.9. The molecule has 19 heavy (non-hydrogen) atoms. The summed E-state index contributed by atoms with van der Waals surface area (Å²) in [6.07, 6.45) is 3.01. The fourth-order valence-electron chi connectivity index (χ4n) is 1.57. The number of carbonyl (C=O) groups excluding carboxylic acids is 1. The number of nitrogens with one attached hydrogen (secondary N) is 1. The van der Waals surface area contributed by atoms with Crippen molar-refractivity contribution in [1.29, 1.82) is 0 Å². The molecule has 0 spiro atoms. The van der Waals surface area contributed by atoms with Crippen molar-refractivity contribution in [1.82, 2.24) is 0 Å². The maximum Gasteiger partial charge on any atom is 0.335 e. The van der Waals surface area contributed by atoms with E-state index in [0.717, 1.165) is 19.3 Å². The molecule has 0 aliphatic carbocycles. The van der Waals surface area contributed by atoms with Gasteiger partial charge in [-0.1, -0.05) is 6.42 Å². The van der Waals surface area contributed by atoms with Crippen molar-refractivity contribution < 1.29 is 14.7 Å². The Balaban J connectivity index is 2.58. The van der Waals surface area contributed by atoms with Gasteiger partial charge in [-0.05, 0) is 53.5 Å². The molecule has 0 bridgehead atoms. The van der Waals surface area contributed by atoms with Gasteiger partial charge in [-0.2, -0.15) is 0 Å². The maximum absolute atomic E-state index is 11.7. The van der Waals surface area contributed by atoms with Crippen molar-refractivity contribution in [2.24, 2.45) is 5.73 Å². The van der Waals surface area contributed by atoms with Gasteiger partial charge in [0.2, 0.25) is 5.91 Å². The average molecular weight is 329 g/mol. The Morgan fingerprint density at radius 3 is 2.63 bits per heavy atom. The van der Waals surface area contributed by atoms with E-state index in [1.54, 1.807) is 6.07 Å². The normalized spacial score (nSPS) is 10.2. The van der Waals surface area contributed by atoms with Crippen molar-refractivity contribution in [2.75, 3.05) is 11.9 Å². The number of halogens is 1. The molecule has 0 aliphatic rings. The zero-order valence-corrected chi connectivity index (χ0v) is 12.1. The van der Waals surface area contributed by atoms with Crippen LogP contribution in [-0.4, -0.2) is 23.5 Å². The van der Waals surface area contributed by atoms with Crippen molar-refractivity contribution in [2.45, 2.75) is 25.7 Å². The lowest BCUT2D eigenvalue weighted by molar-refractivity contribution is -0.116. The molecular weight excluding hydrogens is 312 g/mol. The van der Waals surface area contributed by atoms with Crippen molar-refractivity contribution in [3.8, 4) is 0 Å². The molecule has 104 valence electrons. The second-order valence-corrected chi connectivity index (χ2v) is 5.00. The molecule has 0 aliphatic heterocycles. The number of carbonyl (C=O) groups is 2. The number of nitrogens with two attached hydrogens (primary N) is 1. The number of anilines is 1. The van der Waals surface area contributed by atoms with Crippen molar-refractivity contribution in [3.63, 3.8) is 0 Å². The van der Waals surface area contributed by atoms with Gasteiger partial charge in [-0.25, -0.2) is 4.79 Å². The number of rotatable bonds is 7. The minimum Gasteiger partial charge on any atom is -0.478 e. The molecule has 0 heterocycles. The Hall–Kier alpha value is -1.40. The van der Waals surface area contributed by atoms with E-state index >= 15 is 0 Å². The summed E-state index contributed by atoms with van der Waals surface area (Å²) in [4.78, 5) is 22.6. The minimum atomic E-state index is -1.02. The molecule has 1 aromatic carbocycles. The first-order chi connectivity index (χ1) is 9.04. The van der Waals surface area contributed by atoms with Gasteiger partial charge >= 0.3 is 5.97 Å². The highest BCUT2D eigenvalue weighted by Gasteiger charge is 2.09. The van der Waals surface area contributed by atoms with Crippen LogP contribution in [-0.2, 0) is 4.79 Å². The lowest BCUT2D eigenvalue weighted by atomic mass is 10.1. The molecule has 0 radical (unpaired) electrons. The van der Waals surface area contributed by atoms with E-state index in [0.29, 0.717) is 23.1 Å². The number of amides is 1. The number of unbranched alkanes of at least 4 members (excludes halogenated alkanes) is 2. The van der Waals surface area contributed by atoms with Gasteiger partial charge in [0, 0.05) is 10.9 Å². The van der Waals surface area contributed by atoms with E-state index in [1.165, 1.54) is 12.1 Å². The topological polar surface area (TPSA) is 92.4 Å². The quantitative estimate of drug-likeness (QED) is 0.671. The number of hydrogen-bond acceptors (Lipinski definition) is 3. The molecule has 6 heteroatoms. The summed E-state index contributed by atoms with van der Waals surface area (Å²) in [6, 6.07) is 4.51. The molecule has 0 saturated heterocycles. The fourth-order valence-corrected chi connectivity index (χ4v) is 1.92. The summed E-state index contributed by atoms with van der Waals surface area (Å²) in [5.41, 5.74) is 5.99. The Labute approximate surface area is 120 Å². The van der Waals surface area contributed by atoms with Crippen LogP contribution in [0.15, 0.2) is 22.7 Å². The third kappa shape index (κ3) is 5.40. The molecule has 4 N–H and O–H groups in total. The minimum absolute atomic E-state index is 0.125. The summed E-state index contributed by atoms with van der Waals surface area (Å²) >= 11 is 3.28. The van der Waals surface area contributed by atoms with Crippen LogP contribution >= 0.6 is 15.9 Å². The average Bonchev–Trinajstić information content (AvgIpc) is 2.37. The molecule has 0 unspecified atom stereocenters. The van der Waals surface area contributed by atoms with Crippen molar-refractivity contribution >= 4 is 33.5 Å². The van der Waals surface area contributed by atoms with Crippen LogP contribution in [0.25, 0.3) is 0 Å². The van der Waals surface area contributed by atoms with Crippen LogP contribution < -0.4 is 11.1 Å². The maximum atomic E-state index is 11.7. The largest absolute Gasteiger partial charge is 0.478 e. The zero-order valence-electron chi connectivity index (χ0n) is 10.5. The molecule has 1 aromatic rings. The Bertz CT molecular complexity index is 463. The number of hydrogen-bond donors (Lipinski definition) is 3. The molecule has 0 saturated carbocycles. The van der Waals surface area contributed by atoms with Gasteiger partial charge < -0.3 is 16.2 Å². The van der Waals surface area contributed by atoms with Crippen LogP contribution in [0, 0.1) is 0 Å². The molecule has 5 nitrogen and oxygen atoms in total. The predicted molar refractivity (Wildman–Crippen MR) is 77.3 cm³/mol. The smallest absolute Gasteiger partial charge is 0.335 e. The number of carboxylic acid groups (broad SMARTS) is 1.